The molecule has 4 rings (SSSR count). The second-order valence-electron chi connectivity index (χ2n) is 7.26. The summed E-state index contributed by atoms with van der Waals surface area (Å²) < 4.78 is 13.5. The van der Waals surface area contributed by atoms with Crippen LogP contribution in [0.25, 0.3) is 10.9 Å². The molecule has 5 heteroatoms. The highest BCUT2D eigenvalue weighted by Gasteiger charge is 2.31. The van der Waals surface area contributed by atoms with Gasteiger partial charge in [0.2, 0.25) is 5.91 Å². The molecule has 2 aromatic rings. The van der Waals surface area contributed by atoms with E-state index < -0.39 is 0 Å². The molecule has 4 nitrogen and oxygen atoms in total. The van der Waals surface area contributed by atoms with Crippen molar-refractivity contribution in [2.45, 2.75) is 45.1 Å². The molecular formula is C20H24FN3O. The first-order chi connectivity index (χ1) is 12.1. The number of hydrogen-bond acceptors (Lipinski definition) is 3. The summed E-state index contributed by atoms with van der Waals surface area (Å²) in [5.74, 6) is 0.680. The highest BCUT2D eigenvalue weighted by atomic mass is 19.1. The van der Waals surface area contributed by atoms with Gasteiger partial charge in [-0.15, -0.1) is 0 Å². The minimum atomic E-state index is -0.283. The molecule has 0 N–H and O–H groups in total. The lowest BCUT2D eigenvalue weighted by Crippen LogP contribution is -2.54. The van der Waals surface area contributed by atoms with Gasteiger partial charge in [0.15, 0.2) is 0 Å². The number of benzene rings is 1. The number of aromatic nitrogens is 1. The summed E-state index contributed by atoms with van der Waals surface area (Å²) in [6, 6.07) is 7.12. The smallest absolute Gasteiger partial charge is 0.242 e. The number of amides is 1. The number of hydrogen-bond donors (Lipinski definition) is 0. The second-order valence-corrected chi connectivity index (χ2v) is 7.26. The molecule has 1 amide bonds. The number of carbonyl (C=O) groups is 1. The first-order valence-corrected chi connectivity index (χ1v) is 9.23. The van der Waals surface area contributed by atoms with Crippen LogP contribution in [0.5, 0.6) is 0 Å². The first-order valence-electron chi connectivity index (χ1n) is 9.23. The molecule has 0 radical (unpaired) electrons. The van der Waals surface area contributed by atoms with Gasteiger partial charge in [0.05, 0.1) is 12.1 Å². The number of rotatable bonds is 2. The van der Waals surface area contributed by atoms with Crippen molar-refractivity contribution in [1.29, 1.82) is 0 Å². The number of anilines is 1. The van der Waals surface area contributed by atoms with E-state index >= 15 is 0 Å². The van der Waals surface area contributed by atoms with Crippen LogP contribution in [0.3, 0.4) is 0 Å². The van der Waals surface area contributed by atoms with Crippen molar-refractivity contribution in [3.8, 4) is 0 Å². The maximum atomic E-state index is 13.5. The fourth-order valence-corrected chi connectivity index (χ4v) is 4.18. The molecule has 2 heterocycles. The van der Waals surface area contributed by atoms with Crippen LogP contribution in [0.15, 0.2) is 24.3 Å². The number of fused-ring (bicyclic) bond motifs is 1. The van der Waals surface area contributed by atoms with Gasteiger partial charge in [-0.3, -0.25) is 4.79 Å². The Labute approximate surface area is 147 Å². The van der Waals surface area contributed by atoms with E-state index in [4.69, 9.17) is 0 Å². The molecule has 0 atom stereocenters. The topological polar surface area (TPSA) is 36.4 Å². The Morgan fingerprint density at radius 3 is 2.68 bits per heavy atom. The van der Waals surface area contributed by atoms with E-state index in [1.807, 2.05) is 17.9 Å². The lowest BCUT2D eigenvalue weighted by atomic mass is 9.93. The van der Waals surface area contributed by atoms with Crippen molar-refractivity contribution in [2.75, 3.05) is 24.5 Å². The Balaban J connectivity index is 1.55. The zero-order valence-electron chi connectivity index (χ0n) is 14.7. The number of carbonyl (C=O) groups excluding carboxylic acids is 1. The van der Waals surface area contributed by atoms with Gasteiger partial charge in [-0.2, -0.15) is 0 Å². The SMILES string of the molecule is Cc1cc(N2CCN(C3CCCCC3)C(=O)C2)nc2cc(F)ccc12. The number of piperazine rings is 1. The van der Waals surface area contributed by atoms with Crippen molar-refractivity contribution in [3.63, 3.8) is 0 Å². The standard InChI is InChI=1S/C20H24FN3O/c1-14-11-19(22-18-12-15(21)7-8-17(14)18)23-9-10-24(20(25)13-23)16-5-3-2-4-6-16/h7-8,11-12,16H,2-6,9-10,13H2,1H3. The summed E-state index contributed by atoms with van der Waals surface area (Å²) in [4.78, 5) is 21.4. The van der Waals surface area contributed by atoms with Crippen LogP contribution in [0.2, 0.25) is 0 Å². The Hall–Kier alpha value is -2.17. The molecular weight excluding hydrogens is 317 g/mol. The van der Waals surface area contributed by atoms with E-state index in [2.05, 4.69) is 9.88 Å². The lowest BCUT2D eigenvalue weighted by molar-refractivity contribution is -0.134. The highest BCUT2D eigenvalue weighted by molar-refractivity contribution is 5.86. The van der Waals surface area contributed by atoms with Gasteiger partial charge < -0.3 is 9.80 Å². The Kier molecular flexibility index (Phi) is 4.32. The molecule has 1 saturated carbocycles. The third kappa shape index (κ3) is 3.20. The molecule has 2 fully saturated rings. The van der Waals surface area contributed by atoms with Gasteiger partial charge in [-0.1, -0.05) is 19.3 Å². The fourth-order valence-electron chi connectivity index (χ4n) is 4.18. The average Bonchev–Trinajstić information content (AvgIpc) is 2.62. The van der Waals surface area contributed by atoms with E-state index in [0.717, 1.165) is 42.7 Å². The maximum absolute atomic E-state index is 13.5. The van der Waals surface area contributed by atoms with Crippen LogP contribution >= 0.6 is 0 Å². The summed E-state index contributed by atoms with van der Waals surface area (Å²) in [6.45, 7) is 3.91. The van der Waals surface area contributed by atoms with Crippen LogP contribution in [-0.2, 0) is 4.79 Å². The minimum Gasteiger partial charge on any atom is -0.345 e. The predicted molar refractivity (Wildman–Crippen MR) is 97.2 cm³/mol. The Morgan fingerprint density at radius 2 is 1.92 bits per heavy atom. The summed E-state index contributed by atoms with van der Waals surface area (Å²) in [5.41, 5.74) is 1.71. The van der Waals surface area contributed by atoms with Gasteiger partial charge >= 0.3 is 0 Å². The molecule has 0 bridgehead atoms. The molecule has 0 spiro atoms. The van der Waals surface area contributed by atoms with Gasteiger partial charge in [0, 0.05) is 30.6 Å². The molecule has 0 unspecified atom stereocenters. The molecule has 1 aliphatic carbocycles. The Bertz CT molecular complexity index is 801. The normalized spacial score (nSPS) is 19.7. The van der Waals surface area contributed by atoms with Crippen molar-refractivity contribution in [1.82, 2.24) is 9.88 Å². The Morgan fingerprint density at radius 1 is 1.12 bits per heavy atom. The van der Waals surface area contributed by atoms with E-state index in [-0.39, 0.29) is 11.7 Å². The van der Waals surface area contributed by atoms with E-state index in [9.17, 15) is 9.18 Å². The molecule has 2 aliphatic rings. The predicted octanol–water partition coefficient (Wildman–Crippen LogP) is 3.66. The lowest BCUT2D eigenvalue weighted by Gasteiger charge is -2.41. The fraction of sp³-hybridized carbons (Fsp3) is 0.500. The van der Waals surface area contributed by atoms with Crippen molar-refractivity contribution in [3.05, 3.63) is 35.6 Å². The van der Waals surface area contributed by atoms with Crippen LogP contribution in [0, 0.1) is 12.7 Å². The molecule has 1 aromatic heterocycles. The molecule has 1 aliphatic heterocycles. The summed E-state index contributed by atoms with van der Waals surface area (Å²) in [5, 5.41) is 0.956. The van der Waals surface area contributed by atoms with Crippen LogP contribution in [-0.4, -0.2) is 41.5 Å². The number of aryl methyl sites for hydroxylation is 1. The largest absolute Gasteiger partial charge is 0.345 e. The van der Waals surface area contributed by atoms with E-state index in [1.165, 1.54) is 31.4 Å². The monoisotopic (exact) mass is 341 g/mol. The van der Waals surface area contributed by atoms with Crippen LogP contribution in [0.4, 0.5) is 10.2 Å². The van der Waals surface area contributed by atoms with Gasteiger partial charge in [-0.25, -0.2) is 9.37 Å². The second kappa shape index (κ2) is 6.62. The minimum absolute atomic E-state index is 0.192. The van der Waals surface area contributed by atoms with Gasteiger partial charge in [-0.05, 0) is 43.5 Å². The zero-order valence-corrected chi connectivity index (χ0v) is 14.7. The third-order valence-electron chi connectivity index (χ3n) is 5.56. The average molecular weight is 341 g/mol. The van der Waals surface area contributed by atoms with Crippen LogP contribution in [0.1, 0.15) is 37.7 Å². The van der Waals surface area contributed by atoms with Crippen LogP contribution < -0.4 is 4.90 Å². The highest BCUT2D eigenvalue weighted by Crippen LogP contribution is 2.27. The zero-order chi connectivity index (χ0) is 17.4. The van der Waals surface area contributed by atoms with Gasteiger partial charge in [0.25, 0.3) is 0 Å². The number of halogens is 1. The maximum Gasteiger partial charge on any atom is 0.242 e. The molecule has 25 heavy (non-hydrogen) atoms. The molecule has 1 aromatic carbocycles. The third-order valence-corrected chi connectivity index (χ3v) is 5.56. The van der Waals surface area contributed by atoms with E-state index in [0.29, 0.717) is 18.1 Å². The van der Waals surface area contributed by atoms with E-state index in [1.54, 1.807) is 6.07 Å². The van der Waals surface area contributed by atoms with Gasteiger partial charge in [0.1, 0.15) is 11.6 Å². The summed E-state index contributed by atoms with van der Waals surface area (Å²) in [6.07, 6.45) is 6.03. The molecule has 1 saturated heterocycles. The number of nitrogens with zero attached hydrogens (tertiary/aromatic N) is 3. The van der Waals surface area contributed by atoms with Crippen molar-refractivity contribution < 1.29 is 9.18 Å². The summed E-state index contributed by atoms with van der Waals surface area (Å²) in [7, 11) is 0. The number of pyridine rings is 1. The molecule has 132 valence electrons. The quantitative estimate of drug-likeness (QED) is 0.836. The summed E-state index contributed by atoms with van der Waals surface area (Å²) >= 11 is 0. The van der Waals surface area contributed by atoms with Crippen molar-refractivity contribution >= 4 is 22.6 Å². The van der Waals surface area contributed by atoms with Crippen molar-refractivity contribution in [2.24, 2.45) is 0 Å². The first kappa shape index (κ1) is 16.3.